The number of hydrogen-bond donors (Lipinski definition) is 2. The van der Waals surface area contributed by atoms with Crippen molar-refractivity contribution in [3.8, 4) is 5.75 Å². The summed E-state index contributed by atoms with van der Waals surface area (Å²) in [7, 11) is 1.69. The van der Waals surface area contributed by atoms with Gasteiger partial charge in [0, 0.05) is 26.2 Å². The lowest BCUT2D eigenvalue weighted by Gasteiger charge is -2.31. The number of aromatic nitrogens is 2. The number of methoxy groups -OCH3 is 1. The van der Waals surface area contributed by atoms with Gasteiger partial charge in [-0.3, -0.25) is 0 Å². The van der Waals surface area contributed by atoms with E-state index in [4.69, 9.17) is 15.2 Å². The Morgan fingerprint density at radius 3 is 3.10 bits per heavy atom. The molecule has 2 aliphatic rings. The Kier molecular flexibility index (Phi) is 3.62. The first-order valence-electron chi connectivity index (χ1n) is 6.96. The number of nitrogens with one attached hydrogen (secondary N) is 1. The average molecular weight is 279 g/mol. The van der Waals surface area contributed by atoms with E-state index in [1.807, 2.05) is 6.92 Å². The van der Waals surface area contributed by atoms with Crippen molar-refractivity contribution in [1.29, 1.82) is 0 Å². The van der Waals surface area contributed by atoms with E-state index in [0.717, 1.165) is 36.9 Å². The van der Waals surface area contributed by atoms with Crippen molar-refractivity contribution in [2.24, 2.45) is 5.73 Å². The van der Waals surface area contributed by atoms with Crippen LogP contribution in [0.4, 0.5) is 11.6 Å². The fourth-order valence-corrected chi connectivity index (χ4v) is 2.61. The van der Waals surface area contributed by atoms with Crippen molar-refractivity contribution < 1.29 is 9.47 Å². The second kappa shape index (κ2) is 5.41. The van der Waals surface area contributed by atoms with Crippen molar-refractivity contribution in [2.75, 3.05) is 37.0 Å². The molecule has 1 fully saturated rings. The van der Waals surface area contributed by atoms with E-state index < -0.39 is 0 Å². The number of hydrogen-bond acceptors (Lipinski definition) is 7. The van der Waals surface area contributed by atoms with Crippen LogP contribution < -0.4 is 20.7 Å². The summed E-state index contributed by atoms with van der Waals surface area (Å²) in [5.74, 6) is 2.29. The fraction of sp³-hybridized carbons (Fsp3) is 0.692. The van der Waals surface area contributed by atoms with Crippen LogP contribution in [0.1, 0.15) is 13.3 Å². The standard InChI is InChI=1S/C13H21N5O2/c1-8(19-2)10-6-20-11-12(17-10)15-7-16-13(11)18-4-3-9(14)5-18/h7-10H,3-6,14H2,1-2H3,(H,15,16,17)/t8-,9-,10+/m1/s1. The van der Waals surface area contributed by atoms with E-state index in [1.165, 1.54) is 0 Å². The zero-order valence-corrected chi connectivity index (χ0v) is 11.9. The lowest BCUT2D eigenvalue weighted by atomic mass is 10.1. The van der Waals surface area contributed by atoms with E-state index in [2.05, 4.69) is 20.2 Å². The Balaban J connectivity index is 1.83. The normalized spacial score (nSPS) is 26.6. The Labute approximate surface area is 118 Å². The molecule has 1 aromatic rings. The van der Waals surface area contributed by atoms with Gasteiger partial charge in [0.15, 0.2) is 11.6 Å². The minimum absolute atomic E-state index is 0.0572. The minimum atomic E-state index is 0.0572. The highest BCUT2D eigenvalue weighted by Crippen LogP contribution is 2.36. The van der Waals surface area contributed by atoms with Crippen LogP contribution in [-0.2, 0) is 4.74 Å². The Morgan fingerprint density at radius 2 is 2.40 bits per heavy atom. The lowest BCUT2D eigenvalue weighted by Crippen LogP contribution is -2.41. The molecule has 3 atom stereocenters. The largest absolute Gasteiger partial charge is 0.484 e. The van der Waals surface area contributed by atoms with Gasteiger partial charge in [-0.05, 0) is 13.3 Å². The maximum Gasteiger partial charge on any atom is 0.204 e. The van der Waals surface area contributed by atoms with Crippen molar-refractivity contribution in [3.05, 3.63) is 6.33 Å². The van der Waals surface area contributed by atoms with Crippen LogP contribution in [0.5, 0.6) is 5.75 Å². The predicted molar refractivity (Wildman–Crippen MR) is 76.2 cm³/mol. The summed E-state index contributed by atoms with van der Waals surface area (Å²) in [5.41, 5.74) is 5.96. The first-order valence-corrected chi connectivity index (χ1v) is 6.96. The number of fused-ring (bicyclic) bond motifs is 1. The Morgan fingerprint density at radius 1 is 1.55 bits per heavy atom. The molecular formula is C13H21N5O2. The van der Waals surface area contributed by atoms with Crippen LogP contribution in [0, 0.1) is 0 Å². The SMILES string of the molecule is CO[C@H](C)[C@@H]1COc2c(ncnc2N2CC[C@@H](N)C2)N1. The molecule has 0 unspecified atom stereocenters. The van der Waals surface area contributed by atoms with Crippen LogP contribution in [0.15, 0.2) is 6.33 Å². The summed E-state index contributed by atoms with van der Waals surface area (Å²) in [5, 5.41) is 3.36. The summed E-state index contributed by atoms with van der Waals surface area (Å²) >= 11 is 0. The van der Waals surface area contributed by atoms with E-state index >= 15 is 0 Å². The molecule has 110 valence electrons. The third-order valence-corrected chi connectivity index (χ3v) is 3.98. The number of nitrogens with zero attached hydrogens (tertiary/aromatic N) is 3. The van der Waals surface area contributed by atoms with Gasteiger partial charge in [0.2, 0.25) is 5.75 Å². The number of rotatable bonds is 3. The maximum absolute atomic E-state index is 5.96. The second-order valence-corrected chi connectivity index (χ2v) is 5.37. The van der Waals surface area contributed by atoms with Crippen molar-refractivity contribution in [2.45, 2.75) is 31.5 Å². The van der Waals surface area contributed by atoms with Gasteiger partial charge in [-0.25, -0.2) is 9.97 Å². The first kappa shape index (κ1) is 13.4. The van der Waals surface area contributed by atoms with Gasteiger partial charge in [0.05, 0.1) is 12.1 Å². The van der Waals surface area contributed by atoms with Gasteiger partial charge in [-0.15, -0.1) is 0 Å². The maximum atomic E-state index is 5.96. The summed E-state index contributed by atoms with van der Waals surface area (Å²) in [6.45, 7) is 4.27. The molecule has 2 aliphatic heterocycles. The highest BCUT2D eigenvalue weighted by Gasteiger charge is 2.30. The zero-order chi connectivity index (χ0) is 14.1. The molecule has 0 aliphatic carbocycles. The highest BCUT2D eigenvalue weighted by atomic mass is 16.5. The van der Waals surface area contributed by atoms with Crippen LogP contribution >= 0.6 is 0 Å². The molecule has 20 heavy (non-hydrogen) atoms. The van der Waals surface area contributed by atoms with Crippen molar-refractivity contribution in [1.82, 2.24) is 9.97 Å². The molecule has 7 nitrogen and oxygen atoms in total. The van der Waals surface area contributed by atoms with E-state index in [-0.39, 0.29) is 18.2 Å². The molecule has 1 aromatic heterocycles. The van der Waals surface area contributed by atoms with Gasteiger partial charge in [-0.1, -0.05) is 0 Å². The molecule has 1 saturated heterocycles. The second-order valence-electron chi connectivity index (χ2n) is 5.37. The van der Waals surface area contributed by atoms with E-state index in [1.54, 1.807) is 13.4 Å². The smallest absolute Gasteiger partial charge is 0.204 e. The lowest BCUT2D eigenvalue weighted by molar-refractivity contribution is 0.0804. The number of nitrogens with two attached hydrogens (primary N) is 1. The third kappa shape index (κ3) is 2.38. The van der Waals surface area contributed by atoms with Gasteiger partial charge in [0.25, 0.3) is 0 Å². The first-order chi connectivity index (χ1) is 9.69. The highest BCUT2D eigenvalue weighted by molar-refractivity contribution is 5.66. The summed E-state index contributed by atoms with van der Waals surface area (Å²) < 4.78 is 11.2. The van der Waals surface area contributed by atoms with Gasteiger partial charge in [0.1, 0.15) is 12.9 Å². The molecule has 0 amide bonds. The minimum Gasteiger partial charge on any atom is -0.484 e. The molecule has 3 N–H and O–H groups in total. The van der Waals surface area contributed by atoms with Crippen LogP contribution in [0.3, 0.4) is 0 Å². The van der Waals surface area contributed by atoms with E-state index in [9.17, 15) is 0 Å². The van der Waals surface area contributed by atoms with Gasteiger partial charge in [-0.2, -0.15) is 0 Å². The summed E-state index contributed by atoms with van der Waals surface area (Å²) in [6, 6.07) is 0.300. The van der Waals surface area contributed by atoms with Crippen LogP contribution in [0.25, 0.3) is 0 Å². The number of anilines is 2. The molecule has 0 radical (unpaired) electrons. The molecule has 0 saturated carbocycles. The zero-order valence-electron chi connectivity index (χ0n) is 11.9. The monoisotopic (exact) mass is 279 g/mol. The molecule has 0 bridgehead atoms. The van der Waals surface area contributed by atoms with Gasteiger partial charge < -0.3 is 25.4 Å². The van der Waals surface area contributed by atoms with Crippen LogP contribution in [-0.4, -0.2) is 55.0 Å². The topological polar surface area (TPSA) is 85.5 Å². The Hall–Kier alpha value is -1.60. The summed E-state index contributed by atoms with van der Waals surface area (Å²) in [4.78, 5) is 10.8. The predicted octanol–water partition coefficient (Wildman–Crippen LogP) is 0.222. The average Bonchev–Trinajstić information content (AvgIpc) is 2.91. The molecular weight excluding hydrogens is 258 g/mol. The molecule has 3 heterocycles. The Bertz CT molecular complexity index is 484. The summed E-state index contributed by atoms with van der Waals surface area (Å²) in [6.07, 6.45) is 2.60. The molecule has 0 spiro atoms. The fourth-order valence-electron chi connectivity index (χ4n) is 2.61. The quantitative estimate of drug-likeness (QED) is 0.818. The molecule has 3 rings (SSSR count). The van der Waals surface area contributed by atoms with Crippen LogP contribution in [0.2, 0.25) is 0 Å². The van der Waals surface area contributed by atoms with Crippen molar-refractivity contribution >= 4 is 11.6 Å². The number of ether oxygens (including phenoxy) is 2. The van der Waals surface area contributed by atoms with Crippen molar-refractivity contribution in [3.63, 3.8) is 0 Å². The molecule has 7 heteroatoms. The van der Waals surface area contributed by atoms with Gasteiger partial charge >= 0.3 is 0 Å². The third-order valence-electron chi connectivity index (χ3n) is 3.98. The van der Waals surface area contributed by atoms with E-state index in [0.29, 0.717) is 6.61 Å². The molecule has 0 aromatic carbocycles.